The lowest BCUT2D eigenvalue weighted by Gasteiger charge is -2.14. The minimum absolute atomic E-state index is 0.0364. The van der Waals surface area contributed by atoms with Crippen molar-refractivity contribution >= 4 is 11.9 Å². The topological polar surface area (TPSA) is 67.8 Å². The van der Waals surface area contributed by atoms with Crippen molar-refractivity contribution in [1.29, 1.82) is 0 Å². The van der Waals surface area contributed by atoms with Crippen LogP contribution in [0.4, 0.5) is 5.95 Å². The minimum atomic E-state index is 0.0364. The minimum Gasteiger partial charge on any atom is -0.294 e. The Morgan fingerprint density at radius 2 is 1.59 bits per heavy atom. The summed E-state index contributed by atoms with van der Waals surface area (Å²) in [6.45, 7) is 8.26. The molecular formula is C17H30N4O. The maximum absolute atomic E-state index is 12.4. The van der Waals surface area contributed by atoms with Crippen molar-refractivity contribution in [3.05, 3.63) is 11.6 Å². The Bertz CT molecular complexity index is 440. The number of nitrogens with zero attached hydrogens (tertiary/aromatic N) is 3. The highest BCUT2D eigenvalue weighted by atomic mass is 16.2. The molecule has 22 heavy (non-hydrogen) atoms. The van der Waals surface area contributed by atoms with Crippen molar-refractivity contribution in [3.8, 4) is 0 Å². The molecule has 1 unspecified atom stereocenters. The van der Waals surface area contributed by atoms with Crippen LogP contribution in [0.25, 0.3) is 0 Å². The fraction of sp³-hybridized carbons (Fsp3) is 0.765. The number of unbranched alkanes of at least 4 members (excludes halogenated alkanes) is 3. The number of anilines is 1. The van der Waals surface area contributed by atoms with E-state index in [0.29, 0.717) is 5.95 Å². The summed E-state index contributed by atoms with van der Waals surface area (Å²) in [6.07, 6.45) is 8.04. The third-order valence-electron chi connectivity index (χ3n) is 3.87. The molecule has 0 bridgehead atoms. The summed E-state index contributed by atoms with van der Waals surface area (Å²) in [5.74, 6) is 1.95. The molecule has 0 radical (unpaired) electrons. The van der Waals surface area contributed by atoms with E-state index in [-0.39, 0.29) is 11.8 Å². The van der Waals surface area contributed by atoms with Gasteiger partial charge >= 0.3 is 0 Å². The first-order valence-electron chi connectivity index (χ1n) is 8.69. The van der Waals surface area contributed by atoms with Crippen LogP contribution in [-0.2, 0) is 17.6 Å². The van der Waals surface area contributed by atoms with Crippen LogP contribution in [-0.4, -0.2) is 20.9 Å². The molecule has 0 aliphatic heterocycles. The van der Waals surface area contributed by atoms with Crippen LogP contribution in [0.15, 0.2) is 0 Å². The highest BCUT2D eigenvalue weighted by Crippen LogP contribution is 2.16. The molecule has 0 aliphatic rings. The van der Waals surface area contributed by atoms with Gasteiger partial charge in [0.1, 0.15) is 11.6 Å². The van der Waals surface area contributed by atoms with Gasteiger partial charge in [0.05, 0.1) is 0 Å². The van der Waals surface area contributed by atoms with Gasteiger partial charge in [-0.05, 0) is 12.8 Å². The number of carbonyl (C=O) groups excluding carboxylic acids is 1. The maximum Gasteiger partial charge on any atom is 0.232 e. The summed E-state index contributed by atoms with van der Waals surface area (Å²) in [7, 11) is 0. The van der Waals surface area contributed by atoms with Crippen molar-refractivity contribution in [2.24, 2.45) is 5.92 Å². The second-order valence-corrected chi connectivity index (χ2v) is 5.64. The molecule has 1 rings (SSSR count). The molecule has 0 saturated heterocycles. The number of nitrogens with one attached hydrogen (secondary N) is 1. The normalized spacial score (nSPS) is 12.2. The highest BCUT2D eigenvalue weighted by molar-refractivity contribution is 5.90. The number of amides is 1. The fourth-order valence-electron chi connectivity index (χ4n) is 2.39. The van der Waals surface area contributed by atoms with Crippen LogP contribution in [0.5, 0.6) is 0 Å². The Hall–Kier alpha value is -1.52. The first-order chi connectivity index (χ1) is 10.6. The van der Waals surface area contributed by atoms with Crippen molar-refractivity contribution in [2.75, 3.05) is 5.32 Å². The lowest BCUT2D eigenvalue weighted by molar-refractivity contribution is -0.120. The van der Waals surface area contributed by atoms with Crippen LogP contribution in [0, 0.1) is 5.92 Å². The van der Waals surface area contributed by atoms with E-state index in [0.717, 1.165) is 43.8 Å². The van der Waals surface area contributed by atoms with Crippen LogP contribution in [0.1, 0.15) is 77.9 Å². The van der Waals surface area contributed by atoms with Crippen LogP contribution in [0.3, 0.4) is 0 Å². The van der Waals surface area contributed by atoms with Crippen molar-refractivity contribution in [1.82, 2.24) is 15.0 Å². The molecule has 0 saturated carbocycles. The summed E-state index contributed by atoms with van der Waals surface area (Å²) < 4.78 is 0. The van der Waals surface area contributed by atoms with E-state index in [2.05, 4.69) is 34.1 Å². The summed E-state index contributed by atoms with van der Waals surface area (Å²) in [6, 6.07) is 0. The van der Waals surface area contributed by atoms with E-state index >= 15 is 0 Å². The molecule has 5 nitrogen and oxygen atoms in total. The summed E-state index contributed by atoms with van der Waals surface area (Å²) in [5, 5.41) is 2.88. The SMILES string of the molecule is CCCCCCC(CC)C(=O)Nc1nc(CC)nc(CC)n1. The molecule has 0 aromatic carbocycles. The Morgan fingerprint density at radius 3 is 2.09 bits per heavy atom. The fourth-order valence-corrected chi connectivity index (χ4v) is 2.39. The lowest BCUT2D eigenvalue weighted by Crippen LogP contribution is -2.24. The predicted molar refractivity (Wildman–Crippen MR) is 89.8 cm³/mol. The number of aromatic nitrogens is 3. The van der Waals surface area contributed by atoms with Crippen LogP contribution >= 0.6 is 0 Å². The van der Waals surface area contributed by atoms with Gasteiger partial charge in [-0.25, -0.2) is 4.98 Å². The molecule has 5 heteroatoms. The van der Waals surface area contributed by atoms with Gasteiger partial charge in [0.25, 0.3) is 0 Å². The zero-order chi connectivity index (χ0) is 16.4. The van der Waals surface area contributed by atoms with Gasteiger partial charge in [0.15, 0.2) is 0 Å². The van der Waals surface area contributed by atoms with E-state index in [4.69, 9.17) is 0 Å². The van der Waals surface area contributed by atoms with Gasteiger partial charge in [-0.2, -0.15) is 9.97 Å². The standard InChI is InChI=1S/C17H30N4O/c1-5-9-10-11-12-13(6-2)16(22)21-17-19-14(7-3)18-15(8-4)20-17/h13H,5-12H2,1-4H3,(H,18,19,20,21,22). The van der Waals surface area contributed by atoms with Crippen molar-refractivity contribution in [3.63, 3.8) is 0 Å². The van der Waals surface area contributed by atoms with Gasteiger partial charge in [0, 0.05) is 18.8 Å². The number of rotatable bonds is 10. The van der Waals surface area contributed by atoms with Crippen LogP contribution in [0.2, 0.25) is 0 Å². The van der Waals surface area contributed by atoms with E-state index in [1.165, 1.54) is 19.3 Å². The molecule has 0 fully saturated rings. The number of hydrogen-bond acceptors (Lipinski definition) is 4. The first-order valence-corrected chi connectivity index (χ1v) is 8.69. The summed E-state index contributed by atoms with van der Waals surface area (Å²) in [5.41, 5.74) is 0. The number of carbonyl (C=O) groups is 1. The van der Waals surface area contributed by atoms with E-state index in [1.54, 1.807) is 0 Å². The molecule has 1 aromatic heterocycles. The molecule has 0 spiro atoms. The average Bonchev–Trinajstić information content (AvgIpc) is 2.54. The average molecular weight is 306 g/mol. The third kappa shape index (κ3) is 6.08. The Morgan fingerprint density at radius 1 is 0.955 bits per heavy atom. The summed E-state index contributed by atoms with van der Waals surface area (Å²) in [4.78, 5) is 25.4. The first kappa shape index (κ1) is 18.5. The predicted octanol–water partition coefficient (Wildman–Crippen LogP) is 3.93. The molecule has 1 N–H and O–H groups in total. The maximum atomic E-state index is 12.4. The molecular weight excluding hydrogens is 276 g/mol. The Kier molecular flexibility index (Phi) is 8.63. The van der Waals surface area contributed by atoms with E-state index in [9.17, 15) is 4.79 Å². The molecule has 1 heterocycles. The van der Waals surface area contributed by atoms with E-state index in [1.807, 2.05) is 13.8 Å². The zero-order valence-electron chi connectivity index (χ0n) is 14.5. The highest BCUT2D eigenvalue weighted by Gasteiger charge is 2.17. The quantitative estimate of drug-likeness (QED) is 0.665. The van der Waals surface area contributed by atoms with E-state index < -0.39 is 0 Å². The molecule has 1 aromatic rings. The molecule has 124 valence electrons. The monoisotopic (exact) mass is 306 g/mol. The van der Waals surface area contributed by atoms with Crippen molar-refractivity contribution < 1.29 is 4.79 Å². The number of aryl methyl sites for hydroxylation is 2. The molecule has 0 aliphatic carbocycles. The largest absolute Gasteiger partial charge is 0.294 e. The number of hydrogen-bond donors (Lipinski definition) is 1. The molecule has 1 atom stereocenters. The third-order valence-corrected chi connectivity index (χ3v) is 3.87. The lowest BCUT2D eigenvalue weighted by atomic mass is 9.97. The van der Waals surface area contributed by atoms with Gasteiger partial charge < -0.3 is 0 Å². The van der Waals surface area contributed by atoms with Gasteiger partial charge in [0.2, 0.25) is 11.9 Å². The smallest absolute Gasteiger partial charge is 0.232 e. The Labute approximate surface area is 134 Å². The van der Waals surface area contributed by atoms with Gasteiger partial charge in [-0.3, -0.25) is 10.1 Å². The Balaban J connectivity index is 2.64. The molecule has 1 amide bonds. The van der Waals surface area contributed by atoms with Crippen LogP contribution < -0.4 is 5.32 Å². The zero-order valence-corrected chi connectivity index (χ0v) is 14.5. The summed E-state index contributed by atoms with van der Waals surface area (Å²) >= 11 is 0. The second kappa shape index (κ2) is 10.2. The second-order valence-electron chi connectivity index (χ2n) is 5.64. The van der Waals surface area contributed by atoms with Gasteiger partial charge in [-0.15, -0.1) is 0 Å². The van der Waals surface area contributed by atoms with Gasteiger partial charge in [-0.1, -0.05) is 53.4 Å². The van der Waals surface area contributed by atoms with Crippen molar-refractivity contribution in [2.45, 2.75) is 79.1 Å².